The Morgan fingerprint density at radius 1 is 1.80 bits per heavy atom. The van der Waals surface area contributed by atoms with Crippen LogP contribution in [0, 0.1) is 0 Å². The van der Waals surface area contributed by atoms with Gasteiger partial charge in [0.2, 0.25) is 0 Å². The van der Waals surface area contributed by atoms with Gasteiger partial charge in [0.25, 0.3) is 0 Å². The maximum absolute atomic E-state index is 8.01. The van der Waals surface area contributed by atoms with Crippen LogP contribution < -0.4 is 0 Å². The molecule has 0 aliphatic rings. The van der Waals surface area contributed by atoms with E-state index in [9.17, 15) is 0 Å². The van der Waals surface area contributed by atoms with Crippen molar-refractivity contribution in [3.8, 4) is 0 Å². The number of thiol groups is 1. The number of hydrogen-bond donors (Lipinski definition) is 2. The van der Waals surface area contributed by atoms with Crippen molar-refractivity contribution in [3.63, 3.8) is 0 Å². The topological polar surface area (TPSA) is 20.2 Å². The van der Waals surface area contributed by atoms with Crippen LogP contribution in [0.5, 0.6) is 0 Å². The van der Waals surface area contributed by atoms with Gasteiger partial charge in [0, 0.05) is 5.75 Å². The smallest absolute Gasteiger partial charge is 0.0518 e. The highest BCUT2D eigenvalue weighted by Crippen LogP contribution is 1.62. The van der Waals surface area contributed by atoms with Crippen molar-refractivity contribution in [2.45, 2.75) is 0 Å². The maximum atomic E-state index is 8.01. The Morgan fingerprint density at radius 2 is 2.40 bits per heavy atom. The summed E-state index contributed by atoms with van der Waals surface area (Å²) in [5.74, 6) is 0.781. The van der Waals surface area contributed by atoms with Gasteiger partial charge >= 0.3 is 0 Å². The van der Waals surface area contributed by atoms with Gasteiger partial charge in [0.1, 0.15) is 0 Å². The van der Waals surface area contributed by atoms with E-state index < -0.39 is 0 Å². The average Bonchev–Trinajstić information content (AvgIpc) is 1.41. The molecule has 3 heteroatoms. The summed E-state index contributed by atoms with van der Waals surface area (Å²) in [6.07, 6.45) is 0. The van der Waals surface area contributed by atoms with Gasteiger partial charge in [-0.2, -0.15) is 10.9 Å². The van der Waals surface area contributed by atoms with Crippen LogP contribution in [0.15, 0.2) is 0 Å². The van der Waals surface area contributed by atoms with E-state index in [1.165, 1.54) is 0 Å². The quantitative estimate of drug-likeness (QED) is 0.381. The standard InChI is InChI=1S/C2H6OPS/c3-1-2-5-4/h3,5H,1-2H2. The summed E-state index contributed by atoms with van der Waals surface area (Å²) in [4.78, 5) is 0. The van der Waals surface area contributed by atoms with Crippen LogP contribution in [0.4, 0.5) is 0 Å². The molecule has 1 nitrogen and oxygen atoms in total. The Bertz CT molecular complexity index is 30.8. The predicted molar refractivity (Wildman–Crippen MR) is 27.6 cm³/mol. The first kappa shape index (κ1) is 5.61. The first-order chi connectivity index (χ1) is 2.41. The molecular formula is C2H6OPS. The largest absolute Gasteiger partial charge is 0.396 e. The average molecular weight is 109 g/mol. The van der Waals surface area contributed by atoms with E-state index in [0.717, 1.165) is 16.7 Å². The van der Waals surface area contributed by atoms with E-state index in [0.29, 0.717) is 0 Å². The Kier molecular flexibility index (Phi) is 5.17. The van der Waals surface area contributed by atoms with Crippen LogP contribution in [0.1, 0.15) is 0 Å². The molecule has 0 aliphatic heterocycles. The van der Waals surface area contributed by atoms with Crippen LogP contribution in [-0.2, 0) is 10.9 Å². The van der Waals surface area contributed by atoms with E-state index in [1.807, 2.05) is 0 Å². The van der Waals surface area contributed by atoms with E-state index in [1.54, 1.807) is 0 Å². The zero-order valence-corrected chi connectivity index (χ0v) is 4.54. The molecule has 0 unspecified atom stereocenters. The van der Waals surface area contributed by atoms with Crippen LogP contribution in [-0.4, -0.2) is 17.5 Å². The second-order valence-electron chi connectivity index (χ2n) is 0.589. The van der Waals surface area contributed by atoms with E-state index in [2.05, 4.69) is 8.02 Å². The lowest BCUT2D eigenvalue weighted by Crippen LogP contribution is -1.83. The van der Waals surface area contributed by atoms with Crippen molar-refractivity contribution < 1.29 is 5.11 Å². The normalized spacial score (nSPS) is 8.20. The lowest BCUT2D eigenvalue weighted by atomic mass is 10.9. The molecule has 1 radical (unpaired) electrons. The third kappa shape index (κ3) is 4.61. The van der Waals surface area contributed by atoms with Crippen molar-refractivity contribution in [1.29, 1.82) is 0 Å². The minimum atomic E-state index is 0.255. The molecule has 1 N–H and O–H groups in total. The Morgan fingerprint density at radius 3 is 2.40 bits per heavy atom. The Labute approximate surface area is 37.2 Å². The van der Waals surface area contributed by atoms with Crippen LogP contribution in [0.25, 0.3) is 0 Å². The predicted octanol–water partition coefficient (Wildman–Crippen LogP) is 0.119. The highest BCUT2D eigenvalue weighted by Gasteiger charge is 1.62. The highest BCUT2D eigenvalue weighted by atomic mass is 32.5. The van der Waals surface area contributed by atoms with Crippen molar-refractivity contribution in [2.75, 3.05) is 12.4 Å². The molecule has 0 aromatic rings. The highest BCUT2D eigenvalue weighted by molar-refractivity contribution is 8.02. The summed E-state index contributed by atoms with van der Waals surface area (Å²) in [5, 5.41) is 8.01. The van der Waals surface area contributed by atoms with E-state index in [-0.39, 0.29) is 6.61 Å². The maximum Gasteiger partial charge on any atom is 0.0518 e. The Balaban J connectivity index is 2.40. The number of hydrogen-bond acceptors (Lipinski definition) is 1. The zero-order valence-electron chi connectivity index (χ0n) is 2.76. The summed E-state index contributed by atoms with van der Waals surface area (Å²) in [6, 6.07) is 0. The number of aliphatic hydroxyl groups is 1. The fourth-order valence-corrected chi connectivity index (χ4v) is 0.402. The molecule has 0 saturated heterocycles. The summed E-state index contributed by atoms with van der Waals surface area (Å²) >= 11 is 0. The van der Waals surface area contributed by atoms with Crippen LogP contribution in [0.3, 0.4) is 0 Å². The minimum Gasteiger partial charge on any atom is -0.396 e. The third-order valence-electron chi connectivity index (χ3n) is 0.200. The molecular weight excluding hydrogens is 103 g/mol. The fraction of sp³-hybridized carbons (Fsp3) is 1.00. The molecule has 0 spiro atoms. The first-order valence-electron chi connectivity index (χ1n) is 1.33. The van der Waals surface area contributed by atoms with Crippen molar-refractivity contribution in [2.24, 2.45) is 0 Å². The summed E-state index contributed by atoms with van der Waals surface area (Å²) in [5.41, 5.74) is 0. The minimum absolute atomic E-state index is 0.255. The second kappa shape index (κ2) is 4.61. The van der Waals surface area contributed by atoms with Crippen LogP contribution in [0.2, 0.25) is 0 Å². The molecule has 0 rings (SSSR count). The fourth-order valence-electron chi connectivity index (χ4n) is 0.0447. The zero-order chi connectivity index (χ0) is 4.12. The van der Waals surface area contributed by atoms with E-state index in [4.69, 9.17) is 5.11 Å². The monoisotopic (exact) mass is 109 g/mol. The van der Waals surface area contributed by atoms with Crippen molar-refractivity contribution >= 4 is 19.0 Å². The number of aliphatic hydroxyl groups excluding tert-OH is 1. The van der Waals surface area contributed by atoms with Gasteiger partial charge in [-0.05, 0) is 8.02 Å². The van der Waals surface area contributed by atoms with Gasteiger partial charge in [-0.15, -0.1) is 0 Å². The molecule has 0 amide bonds. The molecule has 0 bridgehead atoms. The van der Waals surface area contributed by atoms with Gasteiger partial charge in [-0.3, -0.25) is 0 Å². The lowest BCUT2D eigenvalue weighted by Gasteiger charge is -1.73. The molecule has 0 aromatic heterocycles. The lowest BCUT2D eigenvalue weighted by molar-refractivity contribution is 0.323. The van der Waals surface area contributed by atoms with Gasteiger partial charge in [-0.1, -0.05) is 0 Å². The van der Waals surface area contributed by atoms with E-state index >= 15 is 0 Å². The third-order valence-corrected chi connectivity index (χ3v) is 1.20. The van der Waals surface area contributed by atoms with Crippen molar-refractivity contribution in [1.82, 2.24) is 0 Å². The van der Waals surface area contributed by atoms with Gasteiger partial charge in [0.05, 0.1) is 6.61 Å². The van der Waals surface area contributed by atoms with Crippen molar-refractivity contribution in [3.05, 3.63) is 0 Å². The molecule has 5 heavy (non-hydrogen) atoms. The molecule has 31 valence electrons. The first-order valence-corrected chi connectivity index (χ1v) is 3.56. The molecule has 0 heterocycles. The Hall–Kier alpha value is 0.610. The molecule has 0 saturated carbocycles. The van der Waals surface area contributed by atoms with Gasteiger partial charge in [-0.25, -0.2) is 0 Å². The summed E-state index contributed by atoms with van der Waals surface area (Å²) in [7, 11) is 4.79. The summed E-state index contributed by atoms with van der Waals surface area (Å²) < 4.78 is 0. The van der Waals surface area contributed by atoms with Crippen LogP contribution >= 0.6 is 8.02 Å². The molecule has 0 fully saturated rings. The summed E-state index contributed by atoms with van der Waals surface area (Å²) in [6.45, 7) is 0.255. The SMILES string of the molecule is OCC[SH]=[P]. The van der Waals surface area contributed by atoms with Gasteiger partial charge in [0.15, 0.2) is 0 Å². The molecule has 0 aromatic carbocycles. The second-order valence-corrected chi connectivity index (χ2v) is 2.17. The van der Waals surface area contributed by atoms with Gasteiger partial charge < -0.3 is 5.11 Å². The number of rotatable bonds is 2. The molecule has 0 aliphatic carbocycles. The molecule has 0 atom stereocenters.